The first-order valence-corrected chi connectivity index (χ1v) is 6.79. The quantitative estimate of drug-likeness (QED) is 0.913. The molecule has 1 aromatic heterocycles. The van der Waals surface area contributed by atoms with Crippen molar-refractivity contribution in [2.45, 2.75) is 0 Å². The van der Waals surface area contributed by atoms with E-state index < -0.39 is 11.9 Å². The van der Waals surface area contributed by atoms with E-state index >= 15 is 0 Å². The van der Waals surface area contributed by atoms with Crippen LogP contribution < -0.4 is 15.4 Å². The molecule has 0 aliphatic carbocycles. The summed E-state index contributed by atoms with van der Waals surface area (Å²) in [6.45, 7) is 0. The number of amides is 3. The van der Waals surface area contributed by atoms with Gasteiger partial charge in [0, 0.05) is 11.8 Å². The van der Waals surface area contributed by atoms with E-state index in [2.05, 4.69) is 10.6 Å². The molecule has 0 spiro atoms. The van der Waals surface area contributed by atoms with Crippen molar-refractivity contribution in [3.05, 3.63) is 45.6 Å². The third-order valence-corrected chi connectivity index (χ3v) is 3.58. The molecule has 0 aliphatic rings. The Hall–Kier alpha value is -2.05. The zero-order valence-corrected chi connectivity index (χ0v) is 12.0. The molecule has 1 aromatic carbocycles. The molecule has 0 atom stereocenters. The van der Waals surface area contributed by atoms with E-state index in [1.807, 2.05) is 0 Å². The SMILES string of the molecule is COc1cccc(NC(=O)NC(=O)c2ccc(Cl)s2)c1. The fourth-order valence-electron chi connectivity index (χ4n) is 1.46. The maximum Gasteiger partial charge on any atom is 0.326 e. The second-order valence-electron chi connectivity index (χ2n) is 3.74. The lowest BCUT2D eigenvalue weighted by Crippen LogP contribution is -2.33. The third-order valence-electron chi connectivity index (χ3n) is 2.35. The van der Waals surface area contributed by atoms with Gasteiger partial charge in [-0.3, -0.25) is 10.1 Å². The zero-order chi connectivity index (χ0) is 14.5. The first kappa shape index (κ1) is 14.4. The standard InChI is InChI=1S/C13H11ClN2O3S/c1-19-9-4-2-3-8(7-9)15-13(18)16-12(17)10-5-6-11(14)20-10/h2-7H,1H3,(H2,15,16,17,18). The summed E-state index contributed by atoms with van der Waals surface area (Å²) in [5.41, 5.74) is 0.527. The van der Waals surface area contributed by atoms with Gasteiger partial charge in [0.25, 0.3) is 5.91 Å². The van der Waals surface area contributed by atoms with Gasteiger partial charge < -0.3 is 10.1 Å². The summed E-state index contributed by atoms with van der Waals surface area (Å²) in [5.74, 6) is 0.112. The maximum atomic E-state index is 11.7. The molecular weight excluding hydrogens is 300 g/mol. The number of ether oxygens (including phenoxy) is 1. The Kier molecular flexibility index (Phi) is 4.60. The number of hydrogen-bond acceptors (Lipinski definition) is 4. The van der Waals surface area contributed by atoms with Crippen LogP contribution in [-0.2, 0) is 0 Å². The lowest BCUT2D eigenvalue weighted by Gasteiger charge is -2.07. The highest BCUT2D eigenvalue weighted by molar-refractivity contribution is 7.18. The van der Waals surface area contributed by atoms with Gasteiger partial charge in [-0.1, -0.05) is 17.7 Å². The highest BCUT2D eigenvalue weighted by Crippen LogP contribution is 2.21. The summed E-state index contributed by atoms with van der Waals surface area (Å²) < 4.78 is 5.53. The molecule has 0 fully saturated rings. The number of hydrogen-bond donors (Lipinski definition) is 2. The average Bonchev–Trinajstić information content (AvgIpc) is 2.85. The van der Waals surface area contributed by atoms with E-state index in [0.717, 1.165) is 11.3 Å². The van der Waals surface area contributed by atoms with Crippen molar-refractivity contribution in [3.8, 4) is 5.75 Å². The van der Waals surface area contributed by atoms with Gasteiger partial charge in [-0.05, 0) is 24.3 Å². The van der Waals surface area contributed by atoms with Crippen molar-refractivity contribution in [3.63, 3.8) is 0 Å². The van der Waals surface area contributed by atoms with E-state index in [9.17, 15) is 9.59 Å². The molecule has 5 nitrogen and oxygen atoms in total. The van der Waals surface area contributed by atoms with Crippen LogP contribution in [0.1, 0.15) is 9.67 Å². The van der Waals surface area contributed by atoms with Crippen LogP contribution in [0.25, 0.3) is 0 Å². The lowest BCUT2D eigenvalue weighted by atomic mass is 10.3. The van der Waals surface area contributed by atoms with Crippen LogP contribution in [-0.4, -0.2) is 19.0 Å². The second-order valence-corrected chi connectivity index (χ2v) is 5.46. The molecule has 3 amide bonds. The molecule has 0 aliphatic heterocycles. The number of benzene rings is 1. The summed E-state index contributed by atoms with van der Waals surface area (Å²) in [5, 5.41) is 4.76. The Morgan fingerprint density at radius 1 is 1.25 bits per heavy atom. The topological polar surface area (TPSA) is 67.4 Å². The first-order chi connectivity index (χ1) is 9.58. The summed E-state index contributed by atoms with van der Waals surface area (Å²) in [7, 11) is 1.53. The van der Waals surface area contributed by atoms with E-state index in [4.69, 9.17) is 16.3 Å². The Morgan fingerprint density at radius 3 is 2.70 bits per heavy atom. The summed E-state index contributed by atoms with van der Waals surface area (Å²) in [6, 6.07) is 9.35. The molecule has 0 saturated heterocycles. The van der Waals surface area contributed by atoms with Crippen LogP contribution >= 0.6 is 22.9 Å². The molecule has 104 valence electrons. The first-order valence-electron chi connectivity index (χ1n) is 5.60. The average molecular weight is 311 g/mol. The molecule has 1 heterocycles. The number of methoxy groups -OCH3 is 1. The van der Waals surface area contributed by atoms with Crippen LogP contribution in [0, 0.1) is 0 Å². The molecule has 0 unspecified atom stereocenters. The Morgan fingerprint density at radius 2 is 2.05 bits per heavy atom. The number of nitrogens with one attached hydrogen (secondary N) is 2. The fourth-order valence-corrected chi connectivity index (χ4v) is 2.40. The molecule has 20 heavy (non-hydrogen) atoms. The van der Waals surface area contributed by atoms with E-state index in [1.165, 1.54) is 7.11 Å². The van der Waals surface area contributed by atoms with Crippen LogP contribution in [0.15, 0.2) is 36.4 Å². The lowest BCUT2D eigenvalue weighted by molar-refractivity contribution is 0.0971. The molecule has 7 heteroatoms. The predicted molar refractivity (Wildman–Crippen MR) is 78.8 cm³/mol. The van der Waals surface area contributed by atoms with Crippen molar-refractivity contribution in [2.75, 3.05) is 12.4 Å². The highest BCUT2D eigenvalue weighted by atomic mass is 35.5. The monoisotopic (exact) mass is 310 g/mol. The van der Waals surface area contributed by atoms with Crippen LogP contribution in [0.4, 0.5) is 10.5 Å². The van der Waals surface area contributed by atoms with E-state index in [1.54, 1.807) is 36.4 Å². The zero-order valence-electron chi connectivity index (χ0n) is 10.5. The van der Waals surface area contributed by atoms with Crippen LogP contribution in [0.2, 0.25) is 4.34 Å². The molecule has 0 saturated carbocycles. The van der Waals surface area contributed by atoms with Crippen molar-refractivity contribution in [2.24, 2.45) is 0 Å². The number of rotatable bonds is 3. The third kappa shape index (κ3) is 3.72. The minimum absolute atomic E-state index is 0.371. The van der Waals surface area contributed by atoms with E-state index in [-0.39, 0.29) is 0 Å². The predicted octanol–water partition coefficient (Wildman–Crippen LogP) is 3.37. The second kappa shape index (κ2) is 6.40. The van der Waals surface area contributed by atoms with Gasteiger partial charge in [-0.25, -0.2) is 4.79 Å². The number of urea groups is 1. The summed E-state index contributed by atoms with van der Waals surface area (Å²) in [4.78, 5) is 23.8. The molecule has 2 rings (SSSR count). The van der Waals surface area contributed by atoms with Gasteiger partial charge in [0.1, 0.15) is 5.75 Å². The number of anilines is 1. The largest absolute Gasteiger partial charge is 0.497 e. The van der Waals surface area contributed by atoms with E-state index in [0.29, 0.717) is 20.7 Å². The minimum atomic E-state index is -0.618. The minimum Gasteiger partial charge on any atom is -0.497 e. The van der Waals surface area contributed by atoms with Gasteiger partial charge in [0.2, 0.25) is 0 Å². The van der Waals surface area contributed by atoms with Crippen LogP contribution in [0.3, 0.4) is 0 Å². The Labute approximate surface area is 124 Å². The van der Waals surface area contributed by atoms with Crippen LogP contribution in [0.5, 0.6) is 5.75 Å². The Bertz CT molecular complexity index is 642. The smallest absolute Gasteiger partial charge is 0.326 e. The van der Waals surface area contributed by atoms with Crippen molar-refractivity contribution < 1.29 is 14.3 Å². The Balaban J connectivity index is 1.96. The van der Waals surface area contributed by atoms with Gasteiger partial charge in [-0.2, -0.15) is 0 Å². The number of carbonyl (C=O) groups is 2. The molecular formula is C13H11ClN2O3S. The van der Waals surface area contributed by atoms with Gasteiger partial charge >= 0.3 is 6.03 Å². The van der Waals surface area contributed by atoms with Gasteiger partial charge in [-0.15, -0.1) is 11.3 Å². The fraction of sp³-hybridized carbons (Fsp3) is 0.0769. The van der Waals surface area contributed by atoms with Gasteiger partial charge in [0.05, 0.1) is 16.3 Å². The maximum absolute atomic E-state index is 11.7. The highest BCUT2D eigenvalue weighted by Gasteiger charge is 2.12. The van der Waals surface area contributed by atoms with Crippen molar-refractivity contribution >= 4 is 40.6 Å². The number of halogens is 1. The van der Waals surface area contributed by atoms with Crippen molar-refractivity contribution in [1.82, 2.24) is 5.32 Å². The number of imide groups is 1. The molecule has 2 N–H and O–H groups in total. The molecule has 0 radical (unpaired) electrons. The summed E-state index contributed by atoms with van der Waals surface area (Å²) in [6.07, 6.45) is 0. The molecule has 2 aromatic rings. The van der Waals surface area contributed by atoms with Gasteiger partial charge in [0.15, 0.2) is 0 Å². The van der Waals surface area contributed by atoms with Crippen molar-refractivity contribution in [1.29, 1.82) is 0 Å². The summed E-state index contributed by atoms with van der Waals surface area (Å²) >= 11 is 6.83. The molecule has 0 bridgehead atoms. The normalized spacial score (nSPS) is 9.90. The number of thiophene rings is 1. The number of carbonyl (C=O) groups excluding carboxylic acids is 2.